The van der Waals surface area contributed by atoms with Crippen LogP contribution in [0.25, 0.3) is 22.0 Å². The highest BCUT2D eigenvalue weighted by atomic mass is 19.4. The molecule has 220 valence electrons. The van der Waals surface area contributed by atoms with E-state index in [9.17, 15) is 35.9 Å². The summed E-state index contributed by atoms with van der Waals surface area (Å²) in [5.74, 6) is -0.219. The van der Waals surface area contributed by atoms with E-state index in [0.29, 0.717) is 42.7 Å². The number of aromatic amines is 1. The number of anilines is 2. The summed E-state index contributed by atoms with van der Waals surface area (Å²) in [6.45, 7) is -0.542. The zero-order valence-corrected chi connectivity index (χ0v) is 21.6. The number of nitrogens with zero attached hydrogens (tertiary/aromatic N) is 3. The smallest absolute Gasteiger partial charge is 0.397 e. The van der Waals surface area contributed by atoms with Gasteiger partial charge in [0.25, 0.3) is 11.1 Å². The second kappa shape index (κ2) is 13.3. The number of aromatic nitrogens is 4. The molecule has 4 rings (SSSR count). The van der Waals surface area contributed by atoms with Gasteiger partial charge >= 0.3 is 12.8 Å². The molecule has 41 heavy (non-hydrogen) atoms. The Balaban J connectivity index is 0.000000322. The standard InChI is InChI=1S/C21H22F3N3O2.C5H4F3N3O/c1-13-5-6-18(26-19(13)25)16-11-14-7-9-27(20(28)15(14)12-17(16)22)8-3-2-4-10-29-21(23)24;6-5(7,8)3-2(9)1-10-11-4(3)12/h5-7,9,11-12,21H,2-4,8,10H2,1H3,(H2,25,26);1H,(H3,9,11,12). The molecule has 0 radical (unpaired) electrons. The first-order chi connectivity index (χ1) is 19.3. The van der Waals surface area contributed by atoms with Gasteiger partial charge in [-0.05, 0) is 61.4 Å². The number of fused-ring (bicyclic) bond motifs is 1. The molecule has 0 aliphatic rings. The van der Waals surface area contributed by atoms with E-state index in [1.165, 1.54) is 10.6 Å². The Kier molecular flexibility index (Phi) is 10.1. The van der Waals surface area contributed by atoms with E-state index in [1.807, 2.05) is 6.92 Å². The lowest BCUT2D eigenvalue weighted by atomic mass is 10.0. The number of nitrogen functional groups attached to an aromatic ring is 2. The zero-order chi connectivity index (χ0) is 30.3. The molecule has 0 atom stereocenters. The molecule has 0 unspecified atom stereocenters. The Morgan fingerprint density at radius 2 is 1.80 bits per heavy atom. The average molecular weight is 585 g/mol. The van der Waals surface area contributed by atoms with Crippen LogP contribution in [0.1, 0.15) is 30.4 Å². The Morgan fingerprint density at radius 3 is 2.41 bits per heavy atom. The van der Waals surface area contributed by atoms with Crippen molar-refractivity contribution in [1.82, 2.24) is 19.7 Å². The van der Waals surface area contributed by atoms with E-state index >= 15 is 0 Å². The molecule has 0 bridgehead atoms. The molecule has 3 aromatic heterocycles. The molecule has 5 N–H and O–H groups in total. The van der Waals surface area contributed by atoms with Gasteiger partial charge in [-0.3, -0.25) is 9.59 Å². The molecule has 0 aliphatic heterocycles. The first-order valence-electron chi connectivity index (χ1n) is 12.2. The molecule has 1 aromatic carbocycles. The van der Waals surface area contributed by atoms with E-state index in [1.54, 1.807) is 35.6 Å². The maximum atomic E-state index is 14.7. The zero-order valence-electron chi connectivity index (χ0n) is 21.6. The van der Waals surface area contributed by atoms with E-state index in [2.05, 4.69) is 14.8 Å². The van der Waals surface area contributed by atoms with Crippen molar-refractivity contribution in [2.24, 2.45) is 0 Å². The highest BCUT2D eigenvalue weighted by Crippen LogP contribution is 2.29. The summed E-state index contributed by atoms with van der Waals surface area (Å²) in [5, 5.41) is 5.62. The molecular weight excluding hydrogens is 558 g/mol. The number of hydrogen-bond donors (Lipinski definition) is 3. The number of ether oxygens (including phenoxy) is 1. The lowest BCUT2D eigenvalue weighted by molar-refractivity contribution is -0.138. The Morgan fingerprint density at radius 1 is 1.07 bits per heavy atom. The molecule has 15 heteroatoms. The number of aryl methyl sites for hydroxylation is 2. The molecule has 0 amide bonds. The molecule has 3 heterocycles. The van der Waals surface area contributed by atoms with E-state index in [0.717, 1.165) is 11.8 Å². The molecule has 9 nitrogen and oxygen atoms in total. The summed E-state index contributed by atoms with van der Waals surface area (Å²) in [6, 6.07) is 8.02. The van der Waals surface area contributed by atoms with Crippen molar-refractivity contribution in [1.29, 1.82) is 0 Å². The number of hydrogen-bond acceptors (Lipinski definition) is 7. The van der Waals surface area contributed by atoms with Crippen LogP contribution in [0.2, 0.25) is 0 Å². The Labute approximate surface area is 228 Å². The first kappa shape index (κ1) is 31.1. The van der Waals surface area contributed by atoms with Gasteiger partial charge in [0.1, 0.15) is 17.2 Å². The number of alkyl halides is 5. The number of nitrogens with one attached hydrogen (secondary N) is 1. The third-order valence-electron chi connectivity index (χ3n) is 5.93. The second-order valence-corrected chi connectivity index (χ2v) is 8.85. The fourth-order valence-corrected chi connectivity index (χ4v) is 3.81. The van der Waals surface area contributed by atoms with Gasteiger partial charge in [-0.15, -0.1) is 0 Å². The number of nitrogens with two attached hydrogens (primary N) is 2. The SMILES string of the molecule is Cc1ccc(-c2cc3ccn(CCCCCOC(F)F)c(=O)c3cc2F)nc1N.Nc1cn[nH]c(=O)c1C(F)(F)F. The summed E-state index contributed by atoms with van der Waals surface area (Å²) in [7, 11) is 0. The van der Waals surface area contributed by atoms with E-state index in [4.69, 9.17) is 11.5 Å². The van der Waals surface area contributed by atoms with E-state index < -0.39 is 35.4 Å². The van der Waals surface area contributed by atoms with Gasteiger partial charge in [-0.1, -0.05) is 6.07 Å². The number of rotatable bonds is 8. The van der Waals surface area contributed by atoms with Crippen LogP contribution < -0.4 is 22.6 Å². The maximum absolute atomic E-state index is 14.7. The highest BCUT2D eigenvalue weighted by molar-refractivity contribution is 5.86. The van der Waals surface area contributed by atoms with Crippen LogP contribution in [0.5, 0.6) is 0 Å². The van der Waals surface area contributed by atoms with Gasteiger partial charge in [-0.2, -0.15) is 27.1 Å². The molecule has 0 aliphatic carbocycles. The first-order valence-corrected chi connectivity index (χ1v) is 12.2. The molecule has 0 saturated heterocycles. The number of pyridine rings is 2. The van der Waals surface area contributed by atoms with Gasteiger partial charge in [0.15, 0.2) is 0 Å². The molecule has 4 aromatic rings. The fourth-order valence-electron chi connectivity index (χ4n) is 3.81. The van der Waals surface area contributed by atoms with Gasteiger partial charge in [0, 0.05) is 18.3 Å². The summed E-state index contributed by atoms with van der Waals surface area (Å²) < 4.78 is 80.2. The van der Waals surface area contributed by atoms with Gasteiger partial charge < -0.3 is 20.8 Å². The van der Waals surface area contributed by atoms with Crippen molar-refractivity contribution in [2.45, 2.75) is 45.5 Å². The lowest BCUT2D eigenvalue weighted by Gasteiger charge is -2.10. The van der Waals surface area contributed by atoms with Crippen molar-refractivity contribution in [2.75, 3.05) is 18.1 Å². The fraction of sp³-hybridized carbons (Fsp3) is 0.308. The Bertz CT molecular complexity index is 1620. The van der Waals surface area contributed by atoms with Gasteiger partial charge in [0.05, 0.1) is 29.6 Å². The minimum Gasteiger partial charge on any atom is -0.397 e. The highest BCUT2D eigenvalue weighted by Gasteiger charge is 2.36. The molecular formula is C26H26F6N6O3. The quantitative estimate of drug-likeness (QED) is 0.198. The van der Waals surface area contributed by atoms with Crippen molar-refractivity contribution in [3.8, 4) is 11.3 Å². The average Bonchev–Trinajstić information content (AvgIpc) is 2.88. The topological polar surface area (TPSA) is 142 Å². The molecule has 0 fully saturated rings. The minimum absolute atomic E-state index is 0.0180. The number of halogens is 6. The van der Waals surface area contributed by atoms with Gasteiger partial charge in [0.2, 0.25) is 0 Å². The predicted molar refractivity (Wildman–Crippen MR) is 141 cm³/mol. The van der Waals surface area contributed by atoms with Crippen LogP contribution in [0.15, 0.2) is 52.3 Å². The van der Waals surface area contributed by atoms with E-state index in [-0.39, 0.29) is 23.1 Å². The normalized spacial score (nSPS) is 11.5. The number of benzene rings is 1. The third-order valence-corrected chi connectivity index (χ3v) is 5.93. The third kappa shape index (κ3) is 8.06. The van der Waals surface area contributed by atoms with Crippen molar-refractivity contribution < 1.29 is 31.1 Å². The lowest BCUT2D eigenvalue weighted by Crippen LogP contribution is -2.24. The van der Waals surface area contributed by atoms with Gasteiger partial charge in [-0.25, -0.2) is 14.5 Å². The van der Waals surface area contributed by atoms with Crippen molar-refractivity contribution in [3.63, 3.8) is 0 Å². The summed E-state index contributed by atoms with van der Waals surface area (Å²) in [4.78, 5) is 27.5. The molecule has 0 saturated carbocycles. The van der Waals surface area contributed by atoms with Crippen LogP contribution in [0.3, 0.4) is 0 Å². The monoisotopic (exact) mass is 584 g/mol. The van der Waals surface area contributed by atoms with Crippen LogP contribution in [-0.4, -0.2) is 33.0 Å². The number of H-pyrrole nitrogens is 1. The summed E-state index contributed by atoms with van der Waals surface area (Å²) in [5.41, 5.74) is 8.51. The van der Waals surface area contributed by atoms with Crippen LogP contribution in [-0.2, 0) is 17.5 Å². The largest absolute Gasteiger partial charge is 0.423 e. The minimum atomic E-state index is -4.74. The maximum Gasteiger partial charge on any atom is 0.423 e. The van der Waals surface area contributed by atoms with Crippen molar-refractivity contribution in [3.05, 3.63) is 80.4 Å². The molecule has 0 spiro atoms. The van der Waals surface area contributed by atoms with Crippen LogP contribution in [0, 0.1) is 12.7 Å². The second-order valence-electron chi connectivity index (χ2n) is 8.85. The number of unbranched alkanes of at least 4 members (excludes halogenated alkanes) is 2. The van der Waals surface area contributed by atoms with Crippen LogP contribution in [0.4, 0.5) is 37.8 Å². The van der Waals surface area contributed by atoms with Crippen molar-refractivity contribution >= 4 is 22.3 Å². The summed E-state index contributed by atoms with van der Waals surface area (Å²) >= 11 is 0. The predicted octanol–water partition coefficient (Wildman–Crippen LogP) is 4.87. The summed E-state index contributed by atoms with van der Waals surface area (Å²) in [6.07, 6.45) is -0.586. The Hall–Kier alpha value is -4.40. The van der Waals surface area contributed by atoms with Crippen LogP contribution >= 0.6 is 0 Å².